The smallest absolute Gasteiger partial charge is 0.306 e. The van der Waals surface area contributed by atoms with Gasteiger partial charge in [0, 0.05) is 98.5 Å². The molecule has 79 heavy (non-hydrogen) atoms. The number of esters is 3. The third-order valence-electron chi connectivity index (χ3n) is 19.3. The van der Waals surface area contributed by atoms with Crippen molar-refractivity contribution in [3.8, 4) is 0 Å². The van der Waals surface area contributed by atoms with Gasteiger partial charge in [-0.3, -0.25) is 19.2 Å². The van der Waals surface area contributed by atoms with Gasteiger partial charge in [0.2, 0.25) is 5.91 Å². The molecule has 5 aliphatic heterocycles. The average molecular weight is 1120 g/mol. The second kappa shape index (κ2) is 28.4. The summed E-state index contributed by atoms with van der Waals surface area (Å²) in [6.45, 7) is 33.7. The van der Waals surface area contributed by atoms with E-state index in [1.54, 1.807) is 7.11 Å². The molecule has 6 rings (SSSR count). The van der Waals surface area contributed by atoms with Crippen LogP contribution in [0, 0.1) is 53.3 Å². The van der Waals surface area contributed by atoms with Gasteiger partial charge in [-0.2, -0.15) is 0 Å². The van der Waals surface area contributed by atoms with Gasteiger partial charge in [-0.05, 0) is 162 Å². The number of amides is 1. The molecule has 19 atom stereocenters. The molecule has 17 nitrogen and oxygen atoms in total. The van der Waals surface area contributed by atoms with Crippen LogP contribution in [0.4, 0.5) is 0 Å². The topological polar surface area (TPSA) is 213 Å². The van der Waals surface area contributed by atoms with Crippen LogP contribution >= 0.6 is 0 Å². The summed E-state index contributed by atoms with van der Waals surface area (Å²) in [6.07, 6.45) is 5.55. The molecule has 6 N–H and O–H groups in total. The lowest BCUT2D eigenvalue weighted by Gasteiger charge is -2.36. The van der Waals surface area contributed by atoms with Gasteiger partial charge >= 0.3 is 17.9 Å². The van der Waals surface area contributed by atoms with E-state index in [-0.39, 0.29) is 123 Å². The first kappa shape index (κ1) is 65.7. The fourth-order valence-electron chi connectivity index (χ4n) is 15.6. The van der Waals surface area contributed by atoms with Crippen molar-refractivity contribution >= 4 is 23.8 Å². The Hall–Kier alpha value is -2.48. The minimum atomic E-state index is -1.12. The minimum absolute atomic E-state index is 0.00537. The largest absolute Gasteiger partial charge is 0.460 e. The summed E-state index contributed by atoms with van der Waals surface area (Å²) in [5.74, 6) is 1.11. The van der Waals surface area contributed by atoms with E-state index < -0.39 is 46.4 Å². The molecule has 456 valence electrons. The first-order chi connectivity index (χ1) is 37.0. The first-order valence-corrected chi connectivity index (χ1v) is 31.0. The number of aliphatic hydroxyl groups is 1. The number of aliphatic hydroxyl groups excluding tert-OH is 1. The Labute approximate surface area is 476 Å². The van der Waals surface area contributed by atoms with Crippen molar-refractivity contribution in [3.05, 3.63) is 0 Å². The molecule has 0 spiro atoms. The maximum absolute atomic E-state index is 14.9. The van der Waals surface area contributed by atoms with Crippen molar-refractivity contribution in [1.82, 2.24) is 26.6 Å². The molecule has 5 saturated heterocycles. The van der Waals surface area contributed by atoms with Crippen LogP contribution < -0.4 is 26.6 Å². The number of hydrogen-bond donors (Lipinski definition) is 6. The van der Waals surface area contributed by atoms with Gasteiger partial charge in [-0.15, -0.1) is 0 Å². The van der Waals surface area contributed by atoms with Crippen LogP contribution in [0.2, 0.25) is 0 Å². The second-order valence-electron chi connectivity index (χ2n) is 28.3. The van der Waals surface area contributed by atoms with Gasteiger partial charge in [0.1, 0.15) is 16.8 Å². The maximum Gasteiger partial charge on any atom is 0.306 e. The molecular weight excluding hydrogens is 1010 g/mol. The summed E-state index contributed by atoms with van der Waals surface area (Å²) in [5.41, 5.74) is -3.29. The predicted molar refractivity (Wildman–Crippen MR) is 306 cm³/mol. The van der Waals surface area contributed by atoms with Crippen LogP contribution in [0.3, 0.4) is 0 Å². The number of ether oxygens (including phenoxy) is 7. The first-order valence-electron chi connectivity index (χ1n) is 31.0. The minimum Gasteiger partial charge on any atom is -0.460 e. The molecular formula is C62H111N5O12. The quantitative estimate of drug-likeness (QED) is 0.0298. The number of carbonyl (C=O) groups is 4. The molecule has 0 radical (unpaired) electrons. The van der Waals surface area contributed by atoms with Crippen LogP contribution in [-0.2, 0) is 52.3 Å². The molecule has 6 aliphatic rings. The van der Waals surface area contributed by atoms with Crippen LogP contribution in [0.5, 0.6) is 0 Å². The zero-order chi connectivity index (χ0) is 58.2. The Bertz CT molecular complexity index is 1880. The summed E-state index contributed by atoms with van der Waals surface area (Å²) < 4.78 is 40.5. The van der Waals surface area contributed by atoms with E-state index in [0.29, 0.717) is 88.2 Å². The van der Waals surface area contributed by atoms with Crippen LogP contribution in [-0.4, -0.2) is 159 Å². The van der Waals surface area contributed by atoms with Crippen molar-refractivity contribution < 1.29 is 57.4 Å². The number of rotatable bonds is 25. The van der Waals surface area contributed by atoms with Crippen molar-refractivity contribution in [2.24, 2.45) is 53.3 Å². The van der Waals surface area contributed by atoms with Gasteiger partial charge in [-0.25, -0.2) is 0 Å². The Kier molecular flexibility index (Phi) is 23.6. The highest BCUT2D eigenvalue weighted by atomic mass is 16.6. The molecule has 0 aromatic carbocycles. The standard InChI is InChI=1S/C62H111N5O12/c1-17-41-36(2)44-35-49-55(40(6)76-31-30-75-29-28-74-27-26-73-16)38(4)46(64-49)33-45-37(3)42(57(65-45)43-32-50(68)56-39(5)47(66-58(43)56)34-48(41)63-44)18-19-51(69)67-62(23-20-52(70)77-59(7,8)9,24-21-53(71)78-60(10,11)12)25-22-54(72)79-61(13,14)15/h36-50,55-58,63-66,68H,17-35H2,1-16H3,(H,67,69). The Morgan fingerprint density at radius 3 is 1.56 bits per heavy atom. The van der Waals surface area contributed by atoms with Crippen molar-refractivity contribution in [2.75, 3.05) is 46.8 Å². The van der Waals surface area contributed by atoms with Gasteiger partial charge in [0.25, 0.3) is 0 Å². The van der Waals surface area contributed by atoms with Crippen molar-refractivity contribution in [2.45, 2.75) is 270 Å². The van der Waals surface area contributed by atoms with E-state index >= 15 is 0 Å². The third-order valence-corrected chi connectivity index (χ3v) is 19.3. The second-order valence-corrected chi connectivity index (χ2v) is 28.3. The monoisotopic (exact) mass is 1120 g/mol. The highest BCUT2D eigenvalue weighted by molar-refractivity contribution is 5.78. The fraction of sp³-hybridized carbons (Fsp3) is 0.935. The van der Waals surface area contributed by atoms with E-state index in [4.69, 9.17) is 33.2 Å². The molecule has 6 fully saturated rings. The molecule has 19 unspecified atom stereocenters. The lowest BCUT2D eigenvalue weighted by molar-refractivity contribution is -0.155. The number of hydrogen-bond acceptors (Lipinski definition) is 16. The Morgan fingerprint density at radius 1 is 0.557 bits per heavy atom. The van der Waals surface area contributed by atoms with Crippen LogP contribution in [0.15, 0.2) is 0 Å². The maximum atomic E-state index is 14.9. The molecule has 5 heterocycles. The van der Waals surface area contributed by atoms with E-state index in [2.05, 4.69) is 68.1 Å². The SMILES string of the molecule is CCC1C2CC3NC4C(CC(O)C4C3C)C3NC(CC4NC(CC(N2)C1C)C(C(C)OCCOCCOCCOC)C4C)C(C)C3CCC(=O)NC(CCC(=O)OC(C)(C)C)(CCC(=O)OC(C)(C)C)CCC(=O)OC(C)(C)C. The third kappa shape index (κ3) is 18.3. The Balaban J connectivity index is 1.26. The van der Waals surface area contributed by atoms with E-state index in [0.717, 1.165) is 25.7 Å². The normalized spacial score (nSPS) is 35.1. The molecule has 17 heteroatoms. The summed E-state index contributed by atoms with van der Waals surface area (Å²) in [5, 5.41) is 32.4. The van der Waals surface area contributed by atoms with Crippen molar-refractivity contribution in [3.63, 3.8) is 0 Å². The molecule has 1 aliphatic carbocycles. The Morgan fingerprint density at radius 2 is 1.01 bits per heavy atom. The zero-order valence-corrected chi connectivity index (χ0v) is 51.8. The van der Waals surface area contributed by atoms with E-state index in [1.165, 1.54) is 0 Å². The summed E-state index contributed by atoms with van der Waals surface area (Å²) >= 11 is 0. The number of methoxy groups -OCH3 is 1. The fourth-order valence-corrected chi connectivity index (χ4v) is 15.6. The molecule has 0 aromatic heterocycles. The zero-order valence-electron chi connectivity index (χ0n) is 51.8. The lowest BCUT2D eigenvalue weighted by Crippen LogP contribution is -2.50. The van der Waals surface area contributed by atoms with E-state index in [9.17, 15) is 24.3 Å². The van der Waals surface area contributed by atoms with Gasteiger partial charge < -0.3 is 64.8 Å². The number of nitrogens with one attached hydrogen (secondary N) is 5. The number of carbonyl (C=O) groups excluding carboxylic acids is 4. The molecule has 1 saturated carbocycles. The average Bonchev–Trinajstić information content (AvgIpc) is 4.32. The van der Waals surface area contributed by atoms with Gasteiger partial charge in [0.05, 0.1) is 51.8 Å². The van der Waals surface area contributed by atoms with Gasteiger partial charge in [-0.1, -0.05) is 41.0 Å². The van der Waals surface area contributed by atoms with Gasteiger partial charge in [0.15, 0.2) is 0 Å². The molecule has 0 aromatic rings. The predicted octanol–water partition coefficient (Wildman–Crippen LogP) is 7.42. The van der Waals surface area contributed by atoms with E-state index in [1.807, 2.05) is 62.3 Å². The summed E-state index contributed by atoms with van der Waals surface area (Å²) in [6, 6.07) is 1.82. The highest BCUT2D eigenvalue weighted by Gasteiger charge is 2.59. The molecule has 1 amide bonds. The summed E-state index contributed by atoms with van der Waals surface area (Å²) in [7, 11) is 1.67. The highest BCUT2D eigenvalue weighted by Crippen LogP contribution is 2.51. The van der Waals surface area contributed by atoms with Crippen LogP contribution in [0.25, 0.3) is 0 Å². The molecule has 8 bridgehead atoms. The number of fused-ring (bicyclic) bond motifs is 8. The lowest BCUT2D eigenvalue weighted by atomic mass is 9.76. The summed E-state index contributed by atoms with van der Waals surface area (Å²) in [4.78, 5) is 55.0. The van der Waals surface area contributed by atoms with Crippen molar-refractivity contribution in [1.29, 1.82) is 0 Å². The van der Waals surface area contributed by atoms with Crippen LogP contribution in [0.1, 0.15) is 187 Å².